The van der Waals surface area contributed by atoms with Crippen LogP contribution in [0.3, 0.4) is 0 Å². The average molecular weight is 282 g/mol. The summed E-state index contributed by atoms with van der Waals surface area (Å²) in [6.07, 6.45) is 8.67. The molecule has 0 atom stereocenters. The number of nitrogens with one attached hydrogen (secondary N) is 1. The zero-order valence-electron chi connectivity index (χ0n) is 12.1. The van der Waals surface area contributed by atoms with Gasteiger partial charge in [-0.25, -0.2) is 0 Å². The van der Waals surface area contributed by atoms with Gasteiger partial charge in [-0.1, -0.05) is 32.1 Å². The molecule has 4 N–H and O–H groups in total. The minimum absolute atomic E-state index is 0.0923. The van der Waals surface area contributed by atoms with Gasteiger partial charge in [-0.3, -0.25) is 9.59 Å². The highest BCUT2D eigenvalue weighted by Crippen LogP contribution is 2.39. The van der Waals surface area contributed by atoms with Crippen molar-refractivity contribution in [3.8, 4) is 0 Å². The van der Waals surface area contributed by atoms with E-state index in [0.29, 0.717) is 6.54 Å². The highest BCUT2D eigenvalue weighted by molar-refractivity contribution is 5.86. The molecule has 1 amide bonds. The molecule has 2 aliphatic carbocycles. The van der Waals surface area contributed by atoms with Gasteiger partial charge in [0.05, 0.1) is 12.0 Å². The van der Waals surface area contributed by atoms with Crippen molar-refractivity contribution in [2.75, 3.05) is 6.54 Å². The Labute approximate surface area is 120 Å². The van der Waals surface area contributed by atoms with Gasteiger partial charge in [0.15, 0.2) is 0 Å². The summed E-state index contributed by atoms with van der Waals surface area (Å²) < 4.78 is 0. The second-order valence-corrected chi connectivity index (χ2v) is 6.68. The molecule has 0 spiro atoms. The number of hydrogen-bond donors (Lipinski definition) is 3. The van der Waals surface area contributed by atoms with Crippen molar-refractivity contribution in [3.63, 3.8) is 0 Å². The maximum Gasteiger partial charge on any atom is 0.303 e. The van der Waals surface area contributed by atoms with E-state index in [9.17, 15) is 9.59 Å². The lowest BCUT2D eigenvalue weighted by Crippen LogP contribution is -2.54. The molecular weight excluding hydrogens is 256 g/mol. The number of rotatable bonds is 5. The number of aliphatic carboxylic acids is 1. The molecule has 5 nitrogen and oxygen atoms in total. The minimum atomic E-state index is -0.774. The van der Waals surface area contributed by atoms with E-state index in [2.05, 4.69) is 5.32 Å². The number of carboxylic acids is 1. The van der Waals surface area contributed by atoms with Gasteiger partial charge in [0, 0.05) is 6.54 Å². The fourth-order valence-corrected chi connectivity index (χ4v) is 3.72. The first kappa shape index (κ1) is 15.3. The third-order valence-electron chi connectivity index (χ3n) is 5.01. The first-order chi connectivity index (χ1) is 9.46. The number of nitrogens with two attached hydrogens (primary N) is 1. The Morgan fingerprint density at radius 1 is 1.00 bits per heavy atom. The lowest BCUT2D eigenvalue weighted by Gasteiger charge is -2.37. The maximum atomic E-state index is 12.3. The van der Waals surface area contributed by atoms with Crippen LogP contribution in [-0.2, 0) is 9.59 Å². The van der Waals surface area contributed by atoms with Crippen molar-refractivity contribution in [1.29, 1.82) is 0 Å². The lowest BCUT2D eigenvalue weighted by atomic mass is 9.71. The summed E-state index contributed by atoms with van der Waals surface area (Å²) in [6.45, 7) is 0.455. The quantitative estimate of drug-likeness (QED) is 0.717. The summed E-state index contributed by atoms with van der Waals surface area (Å²) in [5.41, 5.74) is 5.14. The molecule has 20 heavy (non-hydrogen) atoms. The van der Waals surface area contributed by atoms with Crippen LogP contribution >= 0.6 is 0 Å². The molecule has 114 valence electrons. The van der Waals surface area contributed by atoms with E-state index < -0.39 is 11.5 Å². The van der Waals surface area contributed by atoms with Gasteiger partial charge in [0.2, 0.25) is 5.91 Å². The topological polar surface area (TPSA) is 92.4 Å². The average Bonchev–Trinajstić information content (AvgIpc) is 2.85. The van der Waals surface area contributed by atoms with Gasteiger partial charge in [-0.2, -0.15) is 0 Å². The first-order valence-corrected chi connectivity index (χ1v) is 7.75. The second kappa shape index (κ2) is 6.12. The first-order valence-electron chi connectivity index (χ1n) is 7.75. The third-order valence-corrected chi connectivity index (χ3v) is 5.01. The number of carbonyl (C=O) groups is 2. The van der Waals surface area contributed by atoms with Gasteiger partial charge in [-0.15, -0.1) is 0 Å². The van der Waals surface area contributed by atoms with Crippen LogP contribution in [0.1, 0.15) is 64.2 Å². The number of carboxylic acid groups (broad SMARTS) is 1. The summed E-state index contributed by atoms with van der Waals surface area (Å²) in [7, 11) is 0. The fourth-order valence-electron chi connectivity index (χ4n) is 3.72. The largest absolute Gasteiger partial charge is 0.481 e. The second-order valence-electron chi connectivity index (χ2n) is 6.68. The van der Waals surface area contributed by atoms with Crippen molar-refractivity contribution in [2.45, 2.75) is 69.7 Å². The minimum Gasteiger partial charge on any atom is -0.481 e. The van der Waals surface area contributed by atoms with Gasteiger partial charge >= 0.3 is 5.97 Å². The molecule has 0 saturated heterocycles. The van der Waals surface area contributed by atoms with Crippen LogP contribution in [0.5, 0.6) is 0 Å². The van der Waals surface area contributed by atoms with Crippen LogP contribution in [0, 0.1) is 5.41 Å². The molecule has 0 unspecified atom stereocenters. The predicted molar refractivity (Wildman–Crippen MR) is 76.2 cm³/mol. The fraction of sp³-hybridized carbons (Fsp3) is 0.867. The summed E-state index contributed by atoms with van der Waals surface area (Å²) in [5, 5.41) is 12.1. The van der Waals surface area contributed by atoms with Crippen LogP contribution in [0.25, 0.3) is 0 Å². The lowest BCUT2D eigenvalue weighted by molar-refractivity contribution is -0.141. The summed E-state index contributed by atoms with van der Waals surface area (Å²) >= 11 is 0. The molecule has 0 aromatic heterocycles. The van der Waals surface area contributed by atoms with Crippen LogP contribution in [0.4, 0.5) is 0 Å². The molecule has 2 rings (SSSR count). The Kier molecular flexibility index (Phi) is 4.68. The van der Waals surface area contributed by atoms with Crippen LogP contribution in [-0.4, -0.2) is 29.1 Å². The van der Waals surface area contributed by atoms with Gasteiger partial charge in [0.1, 0.15) is 0 Å². The van der Waals surface area contributed by atoms with Crippen LogP contribution < -0.4 is 11.1 Å². The third kappa shape index (κ3) is 3.51. The Morgan fingerprint density at radius 2 is 1.55 bits per heavy atom. The highest BCUT2D eigenvalue weighted by Gasteiger charge is 2.39. The van der Waals surface area contributed by atoms with Crippen LogP contribution in [0.15, 0.2) is 0 Å². The standard InChI is InChI=1S/C15H26N2O3/c16-15(8-4-5-9-15)13(20)17-11-14(10-12(18)19)6-2-1-3-7-14/h1-11,16H2,(H,17,20)(H,18,19). The Bertz CT molecular complexity index is 369. The Balaban J connectivity index is 1.94. The van der Waals surface area contributed by atoms with E-state index in [4.69, 9.17) is 10.8 Å². The van der Waals surface area contributed by atoms with Crippen molar-refractivity contribution in [3.05, 3.63) is 0 Å². The normalized spacial score (nSPS) is 24.2. The Morgan fingerprint density at radius 3 is 2.10 bits per heavy atom. The number of carbonyl (C=O) groups excluding carboxylic acids is 1. The number of amides is 1. The summed E-state index contributed by atoms with van der Waals surface area (Å²) in [5.74, 6) is -0.866. The van der Waals surface area contributed by atoms with E-state index in [-0.39, 0.29) is 17.7 Å². The zero-order chi connectivity index (χ0) is 14.6. The van der Waals surface area contributed by atoms with Gasteiger partial charge < -0.3 is 16.2 Å². The van der Waals surface area contributed by atoms with E-state index in [0.717, 1.165) is 57.8 Å². The van der Waals surface area contributed by atoms with E-state index in [1.807, 2.05) is 0 Å². The molecule has 0 radical (unpaired) electrons. The van der Waals surface area contributed by atoms with Crippen molar-refractivity contribution < 1.29 is 14.7 Å². The van der Waals surface area contributed by atoms with Crippen LogP contribution in [0.2, 0.25) is 0 Å². The smallest absolute Gasteiger partial charge is 0.303 e. The molecular formula is C15H26N2O3. The maximum absolute atomic E-state index is 12.3. The number of hydrogen-bond acceptors (Lipinski definition) is 3. The van der Waals surface area contributed by atoms with Gasteiger partial charge in [0.25, 0.3) is 0 Å². The van der Waals surface area contributed by atoms with Crippen molar-refractivity contribution >= 4 is 11.9 Å². The molecule has 0 aromatic carbocycles. The van der Waals surface area contributed by atoms with Crippen molar-refractivity contribution in [2.24, 2.45) is 11.1 Å². The highest BCUT2D eigenvalue weighted by atomic mass is 16.4. The van der Waals surface area contributed by atoms with E-state index in [1.165, 1.54) is 0 Å². The predicted octanol–water partition coefficient (Wildman–Crippen LogP) is 1.80. The zero-order valence-corrected chi connectivity index (χ0v) is 12.1. The molecule has 0 heterocycles. The summed E-state index contributed by atoms with van der Waals surface area (Å²) in [4.78, 5) is 23.4. The molecule has 0 bridgehead atoms. The summed E-state index contributed by atoms with van der Waals surface area (Å²) in [6, 6.07) is 0. The molecule has 0 aliphatic heterocycles. The molecule has 2 saturated carbocycles. The SMILES string of the molecule is NC1(C(=O)NCC2(CC(=O)O)CCCCC2)CCCC1. The van der Waals surface area contributed by atoms with E-state index in [1.54, 1.807) is 0 Å². The van der Waals surface area contributed by atoms with Gasteiger partial charge in [-0.05, 0) is 31.1 Å². The monoisotopic (exact) mass is 282 g/mol. The van der Waals surface area contributed by atoms with Crippen molar-refractivity contribution in [1.82, 2.24) is 5.32 Å². The molecule has 0 aromatic rings. The molecule has 2 aliphatic rings. The molecule has 5 heteroatoms. The van der Waals surface area contributed by atoms with E-state index >= 15 is 0 Å². The Hall–Kier alpha value is -1.10. The molecule has 2 fully saturated rings.